The third-order valence-electron chi connectivity index (χ3n) is 1.66. The lowest BCUT2D eigenvalue weighted by Crippen LogP contribution is -1.93. The second-order valence-corrected chi connectivity index (χ2v) is 5.00. The molecular weight excluding hydrogens is 200 g/mol. The van der Waals surface area contributed by atoms with Crippen LogP contribution in [-0.4, -0.2) is 10.2 Å². The molecule has 0 spiro atoms. The van der Waals surface area contributed by atoms with Gasteiger partial charge in [0.25, 0.3) is 0 Å². The average molecular weight is 207 g/mol. The molecule has 3 radical (unpaired) electrons. The zero-order valence-electron chi connectivity index (χ0n) is 6.36. The summed E-state index contributed by atoms with van der Waals surface area (Å²) >= 11 is 3.57. The molecule has 0 bridgehead atoms. The van der Waals surface area contributed by atoms with Gasteiger partial charge in [-0.15, -0.1) is 22.7 Å². The molecule has 0 N–H and O–H groups in total. The van der Waals surface area contributed by atoms with Crippen LogP contribution < -0.4 is 0 Å². The van der Waals surface area contributed by atoms with Crippen molar-refractivity contribution in [2.45, 2.75) is 5.54 Å². The number of thiophene rings is 2. The van der Waals surface area contributed by atoms with E-state index in [2.05, 4.69) is 45.3 Å². The second kappa shape index (κ2) is 3.56. The normalized spacial score (nSPS) is 10.8. The van der Waals surface area contributed by atoms with Gasteiger partial charge in [0.1, 0.15) is 0 Å². The van der Waals surface area contributed by atoms with Gasteiger partial charge in [-0.05, 0) is 22.9 Å². The van der Waals surface area contributed by atoms with Gasteiger partial charge >= 0.3 is 0 Å². The summed E-state index contributed by atoms with van der Waals surface area (Å²) in [4.78, 5) is 2.74. The summed E-state index contributed by atoms with van der Waals surface area (Å²) in [7, 11) is 3.73. The molecule has 0 nitrogen and oxygen atoms in total. The zero-order valence-corrected chi connectivity index (χ0v) is 8.99. The quantitative estimate of drug-likeness (QED) is 0.664. The fourth-order valence-corrected chi connectivity index (χ4v) is 3.20. The highest BCUT2D eigenvalue weighted by molar-refractivity contribution is 7.12. The van der Waals surface area contributed by atoms with E-state index in [0.717, 1.165) is 0 Å². The molecular formula is C9H7S2Si. The Labute approximate surface area is 83.3 Å². The van der Waals surface area contributed by atoms with Gasteiger partial charge in [0.05, 0.1) is 0 Å². The first-order valence-electron chi connectivity index (χ1n) is 3.66. The van der Waals surface area contributed by atoms with Crippen LogP contribution in [0.2, 0.25) is 0 Å². The highest BCUT2D eigenvalue weighted by atomic mass is 32.1. The minimum atomic E-state index is 0.380. The minimum Gasteiger partial charge on any atom is -0.149 e. The molecule has 0 fully saturated rings. The second-order valence-electron chi connectivity index (χ2n) is 2.46. The van der Waals surface area contributed by atoms with Gasteiger partial charge in [0, 0.05) is 25.5 Å². The molecule has 2 aromatic rings. The highest BCUT2D eigenvalue weighted by Gasteiger charge is 2.09. The van der Waals surface area contributed by atoms with Crippen LogP contribution in [0.4, 0.5) is 0 Å². The summed E-state index contributed by atoms with van der Waals surface area (Å²) in [5.41, 5.74) is 0.380. The third-order valence-corrected chi connectivity index (χ3v) is 4.57. The first-order chi connectivity index (χ1) is 5.88. The first kappa shape index (κ1) is 8.23. The van der Waals surface area contributed by atoms with E-state index in [1.807, 2.05) is 0 Å². The van der Waals surface area contributed by atoms with Crippen molar-refractivity contribution < 1.29 is 0 Å². The Balaban J connectivity index is 2.27. The van der Waals surface area contributed by atoms with Gasteiger partial charge in [-0.1, -0.05) is 12.1 Å². The van der Waals surface area contributed by atoms with Crippen LogP contribution >= 0.6 is 22.7 Å². The predicted octanol–water partition coefficient (Wildman–Crippen LogP) is 3.07. The molecule has 2 aromatic heterocycles. The van der Waals surface area contributed by atoms with E-state index in [0.29, 0.717) is 5.54 Å². The zero-order chi connectivity index (χ0) is 8.39. The third kappa shape index (κ3) is 1.53. The molecule has 0 unspecified atom stereocenters. The molecule has 59 valence electrons. The monoisotopic (exact) mass is 207 g/mol. The Hall–Kier alpha value is -0.383. The van der Waals surface area contributed by atoms with E-state index in [4.69, 9.17) is 0 Å². The van der Waals surface area contributed by atoms with E-state index in [-0.39, 0.29) is 0 Å². The molecule has 0 aliphatic heterocycles. The van der Waals surface area contributed by atoms with Crippen molar-refractivity contribution in [2.24, 2.45) is 0 Å². The van der Waals surface area contributed by atoms with Crippen molar-refractivity contribution in [1.29, 1.82) is 0 Å². The molecule has 0 atom stereocenters. The van der Waals surface area contributed by atoms with Crippen LogP contribution in [0.5, 0.6) is 0 Å². The highest BCUT2D eigenvalue weighted by Crippen LogP contribution is 2.28. The van der Waals surface area contributed by atoms with Crippen molar-refractivity contribution in [3.8, 4) is 0 Å². The molecule has 0 saturated carbocycles. The van der Waals surface area contributed by atoms with E-state index < -0.39 is 0 Å². The van der Waals surface area contributed by atoms with E-state index in [1.54, 1.807) is 22.7 Å². The minimum absolute atomic E-state index is 0.380. The number of rotatable bonds is 2. The van der Waals surface area contributed by atoms with Crippen molar-refractivity contribution in [3.63, 3.8) is 0 Å². The molecule has 0 aliphatic carbocycles. The molecule has 12 heavy (non-hydrogen) atoms. The number of hydrogen-bond donors (Lipinski definition) is 0. The summed E-state index contributed by atoms with van der Waals surface area (Å²) in [6.07, 6.45) is 0. The van der Waals surface area contributed by atoms with Gasteiger partial charge < -0.3 is 0 Å². The van der Waals surface area contributed by atoms with Gasteiger partial charge in [0.2, 0.25) is 0 Å². The Morgan fingerprint density at radius 1 is 1.00 bits per heavy atom. The summed E-state index contributed by atoms with van der Waals surface area (Å²) in [5.74, 6) is 0. The van der Waals surface area contributed by atoms with Gasteiger partial charge in [-0.3, -0.25) is 0 Å². The van der Waals surface area contributed by atoms with Crippen LogP contribution in [-0.2, 0) is 0 Å². The lowest BCUT2D eigenvalue weighted by atomic mass is 10.3. The van der Waals surface area contributed by atoms with Crippen molar-refractivity contribution in [3.05, 3.63) is 44.8 Å². The SMILES string of the molecule is [Si]C(c1cccs1)c1cccs1. The van der Waals surface area contributed by atoms with Crippen LogP contribution in [0.3, 0.4) is 0 Å². The lowest BCUT2D eigenvalue weighted by Gasteiger charge is -2.04. The molecule has 0 saturated heterocycles. The van der Waals surface area contributed by atoms with Crippen LogP contribution in [0.25, 0.3) is 0 Å². The lowest BCUT2D eigenvalue weighted by molar-refractivity contribution is 1.24. The molecule has 3 heteroatoms. The van der Waals surface area contributed by atoms with Gasteiger partial charge in [-0.2, -0.15) is 0 Å². The maximum absolute atomic E-state index is 3.73. The Kier molecular flexibility index (Phi) is 2.44. The molecule has 0 amide bonds. The van der Waals surface area contributed by atoms with Crippen molar-refractivity contribution in [2.75, 3.05) is 0 Å². The van der Waals surface area contributed by atoms with Crippen molar-refractivity contribution >= 4 is 32.9 Å². The van der Waals surface area contributed by atoms with Crippen LogP contribution in [0.1, 0.15) is 15.3 Å². The fraction of sp³-hybridized carbons (Fsp3) is 0.111. The maximum Gasteiger partial charge on any atom is 0.0419 e. The van der Waals surface area contributed by atoms with E-state index in [1.165, 1.54) is 9.75 Å². The molecule has 2 rings (SSSR count). The first-order valence-corrected chi connectivity index (χ1v) is 5.99. The standard InChI is InChI=1S/C9H7S2Si/c12-9(7-3-1-5-10-7)8-4-2-6-11-8/h1-6,9H. The Morgan fingerprint density at radius 3 is 1.83 bits per heavy atom. The molecule has 0 aliphatic rings. The predicted molar refractivity (Wildman–Crippen MR) is 56.2 cm³/mol. The molecule has 2 heterocycles. The maximum atomic E-state index is 3.73. The summed E-state index contributed by atoms with van der Waals surface area (Å²) in [5, 5.41) is 4.21. The summed E-state index contributed by atoms with van der Waals surface area (Å²) in [6, 6.07) is 8.48. The topological polar surface area (TPSA) is 0 Å². The largest absolute Gasteiger partial charge is 0.149 e. The fourth-order valence-electron chi connectivity index (χ4n) is 1.05. The Morgan fingerprint density at radius 2 is 1.50 bits per heavy atom. The summed E-state index contributed by atoms with van der Waals surface area (Å²) in [6.45, 7) is 0. The smallest absolute Gasteiger partial charge is 0.0419 e. The van der Waals surface area contributed by atoms with Crippen molar-refractivity contribution in [1.82, 2.24) is 0 Å². The van der Waals surface area contributed by atoms with Gasteiger partial charge in [0.15, 0.2) is 0 Å². The Bertz CT molecular complexity index is 289. The van der Waals surface area contributed by atoms with E-state index in [9.17, 15) is 0 Å². The summed E-state index contributed by atoms with van der Waals surface area (Å²) < 4.78 is 0. The van der Waals surface area contributed by atoms with Gasteiger partial charge in [-0.25, -0.2) is 0 Å². The van der Waals surface area contributed by atoms with E-state index >= 15 is 0 Å². The van der Waals surface area contributed by atoms with Crippen LogP contribution in [0, 0.1) is 0 Å². The van der Waals surface area contributed by atoms with Crippen LogP contribution in [0.15, 0.2) is 35.0 Å². The molecule has 0 aromatic carbocycles. The number of hydrogen-bond acceptors (Lipinski definition) is 2. The average Bonchev–Trinajstić information content (AvgIpc) is 2.77.